The molecule has 3 N–H and O–H groups in total. The number of benzene rings is 1. The van der Waals surface area contributed by atoms with E-state index in [4.69, 9.17) is 5.11 Å². The lowest BCUT2D eigenvalue weighted by Crippen LogP contribution is -2.38. The lowest BCUT2D eigenvalue weighted by Gasteiger charge is -2.14. The van der Waals surface area contributed by atoms with Crippen LogP contribution < -0.4 is 10.6 Å². The molecular formula is C12H12F2N2O3. The molecule has 2 rings (SSSR count). The van der Waals surface area contributed by atoms with E-state index in [1.54, 1.807) is 6.07 Å². The van der Waals surface area contributed by atoms with Crippen molar-refractivity contribution in [1.82, 2.24) is 5.32 Å². The second-order valence-corrected chi connectivity index (χ2v) is 4.29. The van der Waals surface area contributed by atoms with Crippen LogP contribution in [0, 0.1) is 0 Å². The lowest BCUT2D eigenvalue weighted by molar-refractivity contribution is -0.115. The summed E-state index contributed by atoms with van der Waals surface area (Å²) in [5, 5.41) is 13.0. The molecule has 1 heterocycles. The van der Waals surface area contributed by atoms with Crippen molar-refractivity contribution in [2.75, 3.05) is 18.5 Å². The minimum absolute atomic E-state index is 0.167. The molecule has 0 fully saturated rings. The smallest absolute Gasteiger partial charge is 0.287 e. The molecule has 0 aliphatic carbocycles. The Kier molecular flexibility index (Phi) is 3.48. The standard InChI is InChI=1S/C12H12F2N2O3/c13-12(14,6-17)5-15-11(19)8-2-1-7-4-10(18)16-9(7)3-8/h1-3,17H,4-6H2,(H,15,19)(H,16,18). The molecule has 1 aliphatic rings. The molecule has 0 spiro atoms. The maximum Gasteiger partial charge on any atom is 0.287 e. The van der Waals surface area contributed by atoms with E-state index in [-0.39, 0.29) is 17.9 Å². The summed E-state index contributed by atoms with van der Waals surface area (Å²) in [5.74, 6) is -4.20. The highest BCUT2D eigenvalue weighted by atomic mass is 19.3. The molecule has 0 saturated carbocycles. The van der Waals surface area contributed by atoms with Gasteiger partial charge in [-0.1, -0.05) is 6.07 Å². The predicted octanol–water partition coefficient (Wildman–Crippen LogP) is 0.539. The van der Waals surface area contributed by atoms with E-state index in [1.165, 1.54) is 12.1 Å². The monoisotopic (exact) mass is 270 g/mol. The van der Waals surface area contributed by atoms with Crippen molar-refractivity contribution >= 4 is 17.5 Å². The predicted molar refractivity (Wildman–Crippen MR) is 63.1 cm³/mol. The minimum atomic E-state index is -3.35. The Morgan fingerprint density at radius 3 is 2.89 bits per heavy atom. The van der Waals surface area contributed by atoms with E-state index < -0.39 is 25.0 Å². The van der Waals surface area contributed by atoms with Gasteiger partial charge in [0, 0.05) is 11.3 Å². The van der Waals surface area contributed by atoms with E-state index in [0.29, 0.717) is 5.69 Å². The molecule has 0 atom stereocenters. The van der Waals surface area contributed by atoms with Crippen molar-refractivity contribution in [3.63, 3.8) is 0 Å². The summed E-state index contributed by atoms with van der Waals surface area (Å²) >= 11 is 0. The molecule has 19 heavy (non-hydrogen) atoms. The number of hydrogen-bond donors (Lipinski definition) is 3. The van der Waals surface area contributed by atoms with Gasteiger partial charge in [0.25, 0.3) is 11.8 Å². The zero-order valence-electron chi connectivity index (χ0n) is 9.87. The highest BCUT2D eigenvalue weighted by Crippen LogP contribution is 2.24. The molecule has 5 nitrogen and oxygen atoms in total. The molecule has 0 bridgehead atoms. The van der Waals surface area contributed by atoms with Crippen molar-refractivity contribution < 1.29 is 23.5 Å². The normalized spacial score (nSPS) is 13.9. The van der Waals surface area contributed by atoms with Crippen LogP contribution in [0.15, 0.2) is 18.2 Å². The average Bonchev–Trinajstić information content (AvgIpc) is 2.75. The highest BCUT2D eigenvalue weighted by molar-refractivity contribution is 6.02. The average molecular weight is 270 g/mol. The number of carbonyl (C=O) groups excluding carboxylic acids is 2. The van der Waals surface area contributed by atoms with Crippen molar-refractivity contribution in [3.8, 4) is 0 Å². The number of nitrogens with one attached hydrogen (secondary N) is 2. The maximum absolute atomic E-state index is 12.8. The molecule has 1 aromatic carbocycles. The summed E-state index contributed by atoms with van der Waals surface area (Å²) in [7, 11) is 0. The fourth-order valence-electron chi connectivity index (χ4n) is 1.72. The Morgan fingerprint density at radius 1 is 1.47 bits per heavy atom. The Balaban J connectivity index is 2.05. The van der Waals surface area contributed by atoms with E-state index in [1.807, 2.05) is 5.32 Å². The Bertz CT molecular complexity index is 532. The maximum atomic E-state index is 12.8. The summed E-state index contributed by atoms with van der Waals surface area (Å²) in [6.45, 7) is -2.26. The fourth-order valence-corrected chi connectivity index (χ4v) is 1.72. The van der Waals surface area contributed by atoms with Crippen LogP contribution in [0.5, 0.6) is 0 Å². The van der Waals surface area contributed by atoms with Crippen molar-refractivity contribution in [3.05, 3.63) is 29.3 Å². The summed E-state index contributed by atoms with van der Waals surface area (Å²) < 4.78 is 25.6. The van der Waals surface area contributed by atoms with Gasteiger partial charge in [-0.25, -0.2) is 8.78 Å². The van der Waals surface area contributed by atoms with Crippen LogP contribution in [-0.4, -0.2) is 36.0 Å². The zero-order valence-corrected chi connectivity index (χ0v) is 9.87. The Morgan fingerprint density at radius 2 is 2.21 bits per heavy atom. The molecule has 7 heteroatoms. The highest BCUT2D eigenvalue weighted by Gasteiger charge is 2.28. The Hall–Kier alpha value is -2.02. The van der Waals surface area contributed by atoms with Crippen LogP contribution in [0.1, 0.15) is 15.9 Å². The van der Waals surface area contributed by atoms with Gasteiger partial charge in [0.05, 0.1) is 13.0 Å². The van der Waals surface area contributed by atoms with Gasteiger partial charge in [0.1, 0.15) is 6.61 Å². The summed E-state index contributed by atoms with van der Waals surface area (Å²) in [5.41, 5.74) is 1.46. The van der Waals surface area contributed by atoms with Crippen LogP contribution in [0.3, 0.4) is 0 Å². The first-order valence-corrected chi connectivity index (χ1v) is 5.61. The number of rotatable bonds is 4. The van der Waals surface area contributed by atoms with E-state index in [2.05, 4.69) is 5.32 Å². The van der Waals surface area contributed by atoms with Crippen LogP contribution in [-0.2, 0) is 11.2 Å². The number of alkyl halides is 2. The second kappa shape index (κ2) is 4.93. The molecular weight excluding hydrogens is 258 g/mol. The minimum Gasteiger partial charge on any atom is -0.390 e. The molecule has 2 amide bonds. The second-order valence-electron chi connectivity index (χ2n) is 4.29. The van der Waals surface area contributed by atoms with Gasteiger partial charge >= 0.3 is 0 Å². The van der Waals surface area contributed by atoms with Crippen LogP contribution in [0.2, 0.25) is 0 Å². The van der Waals surface area contributed by atoms with Crippen molar-refractivity contribution in [1.29, 1.82) is 0 Å². The molecule has 0 unspecified atom stereocenters. The van der Waals surface area contributed by atoms with Gasteiger partial charge in [0.2, 0.25) is 5.91 Å². The summed E-state index contributed by atoms with van der Waals surface area (Å²) in [6, 6.07) is 4.50. The van der Waals surface area contributed by atoms with E-state index in [9.17, 15) is 18.4 Å². The first-order valence-electron chi connectivity index (χ1n) is 5.61. The first-order chi connectivity index (χ1) is 8.91. The topological polar surface area (TPSA) is 78.4 Å². The third-order valence-electron chi connectivity index (χ3n) is 2.74. The number of hydrogen-bond acceptors (Lipinski definition) is 3. The zero-order chi connectivity index (χ0) is 14.0. The number of anilines is 1. The lowest BCUT2D eigenvalue weighted by atomic mass is 10.1. The molecule has 102 valence electrons. The van der Waals surface area contributed by atoms with Gasteiger partial charge in [-0.05, 0) is 17.7 Å². The van der Waals surface area contributed by atoms with Gasteiger partial charge in [-0.2, -0.15) is 0 Å². The number of amides is 2. The van der Waals surface area contributed by atoms with Gasteiger partial charge in [-0.15, -0.1) is 0 Å². The summed E-state index contributed by atoms with van der Waals surface area (Å²) in [4.78, 5) is 22.8. The van der Waals surface area contributed by atoms with Crippen LogP contribution in [0.4, 0.5) is 14.5 Å². The number of halogens is 2. The van der Waals surface area contributed by atoms with Gasteiger partial charge < -0.3 is 15.7 Å². The largest absolute Gasteiger partial charge is 0.390 e. The van der Waals surface area contributed by atoms with Gasteiger partial charge in [-0.3, -0.25) is 9.59 Å². The number of aliphatic hydroxyl groups is 1. The van der Waals surface area contributed by atoms with E-state index >= 15 is 0 Å². The van der Waals surface area contributed by atoms with Crippen molar-refractivity contribution in [2.45, 2.75) is 12.3 Å². The third-order valence-corrected chi connectivity index (χ3v) is 2.74. The van der Waals surface area contributed by atoms with E-state index in [0.717, 1.165) is 5.56 Å². The van der Waals surface area contributed by atoms with Crippen molar-refractivity contribution in [2.24, 2.45) is 0 Å². The number of carbonyl (C=O) groups is 2. The molecule has 0 aromatic heterocycles. The molecule has 1 aliphatic heterocycles. The third kappa shape index (κ3) is 3.05. The SMILES string of the molecule is O=C1Cc2ccc(C(=O)NCC(F)(F)CO)cc2N1. The molecule has 0 radical (unpaired) electrons. The summed E-state index contributed by atoms with van der Waals surface area (Å²) in [6.07, 6.45) is 0.250. The Labute approximate surface area is 107 Å². The number of aliphatic hydroxyl groups excluding tert-OH is 1. The molecule has 1 aromatic rings. The fraction of sp³-hybridized carbons (Fsp3) is 0.333. The quantitative estimate of drug-likeness (QED) is 0.747. The van der Waals surface area contributed by atoms with Crippen LogP contribution in [0.25, 0.3) is 0 Å². The van der Waals surface area contributed by atoms with Crippen LogP contribution >= 0.6 is 0 Å². The number of fused-ring (bicyclic) bond motifs is 1. The van der Waals surface area contributed by atoms with Gasteiger partial charge in [0.15, 0.2) is 0 Å². The first kappa shape index (κ1) is 13.4. The molecule has 0 saturated heterocycles.